The van der Waals surface area contributed by atoms with E-state index < -0.39 is 0 Å². The van der Waals surface area contributed by atoms with E-state index in [4.69, 9.17) is 0 Å². The highest BCUT2D eigenvalue weighted by molar-refractivity contribution is 5.97. The number of hydrogen-bond donors (Lipinski definition) is 1. The standard InChI is InChI=1S/C20H26N2O/c1-3-22(4-2)19(17-11-7-5-8-12-17)15-21-16-20(23)18-13-9-6-10-14-18/h5-14,19,21H,3-4,15-16H2,1-2H3. The van der Waals surface area contributed by atoms with Crippen molar-refractivity contribution in [2.45, 2.75) is 19.9 Å². The van der Waals surface area contributed by atoms with Crippen molar-refractivity contribution in [2.24, 2.45) is 0 Å². The van der Waals surface area contributed by atoms with Crippen LogP contribution >= 0.6 is 0 Å². The van der Waals surface area contributed by atoms with Gasteiger partial charge in [0, 0.05) is 18.2 Å². The lowest BCUT2D eigenvalue weighted by molar-refractivity contribution is 0.0987. The monoisotopic (exact) mass is 310 g/mol. The fourth-order valence-corrected chi connectivity index (χ4v) is 2.85. The molecule has 0 saturated heterocycles. The van der Waals surface area contributed by atoms with Crippen LogP contribution in [0.25, 0.3) is 0 Å². The van der Waals surface area contributed by atoms with Crippen LogP contribution < -0.4 is 5.32 Å². The van der Waals surface area contributed by atoms with Gasteiger partial charge in [0.1, 0.15) is 0 Å². The van der Waals surface area contributed by atoms with Gasteiger partial charge in [-0.25, -0.2) is 0 Å². The van der Waals surface area contributed by atoms with Gasteiger partial charge in [0.15, 0.2) is 5.78 Å². The molecule has 3 heteroatoms. The molecule has 0 spiro atoms. The number of benzene rings is 2. The van der Waals surface area contributed by atoms with E-state index in [0.717, 1.165) is 25.2 Å². The average Bonchev–Trinajstić information content (AvgIpc) is 2.62. The second kappa shape index (κ2) is 9.23. The Hall–Kier alpha value is -1.97. The highest BCUT2D eigenvalue weighted by atomic mass is 16.1. The van der Waals surface area contributed by atoms with Crippen molar-refractivity contribution in [1.29, 1.82) is 0 Å². The Labute approximate surface area is 139 Å². The number of nitrogens with one attached hydrogen (secondary N) is 1. The highest BCUT2D eigenvalue weighted by Crippen LogP contribution is 2.19. The van der Waals surface area contributed by atoms with Crippen molar-refractivity contribution in [3.8, 4) is 0 Å². The first kappa shape index (κ1) is 17.4. The van der Waals surface area contributed by atoms with Crippen LogP contribution in [-0.4, -0.2) is 36.9 Å². The van der Waals surface area contributed by atoms with Crippen molar-refractivity contribution in [1.82, 2.24) is 10.2 Å². The van der Waals surface area contributed by atoms with Gasteiger partial charge < -0.3 is 5.32 Å². The van der Waals surface area contributed by atoms with Crippen LogP contribution in [0, 0.1) is 0 Å². The SMILES string of the molecule is CCN(CC)C(CNCC(=O)c1ccccc1)c1ccccc1. The zero-order chi connectivity index (χ0) is 16.5. The normalized spacial score (nSPS) is 12.3. The van der Waals surface area contributed by atoms with Gasteiger partial charge in [-0.05, 0) is 18.7 Å². The Kier molecular flexibility index (Phi) is 6.98. The molecule has 0 aliphatic rings. The number of carbonyl (C=O) groups excluding carboxylic acids is 1. The molecule has 122 valence electrons. The van der Waals surface area contributed by atoms with E-state index in [1.807, 2.05) is 36.4 Å². The van der Waals surface area contributed by atoms with Crippen LogP contribution in [0.2, 0.25) is 0 Å². The third-order valence-electron chi connectivity index (χ3n) is 4.16. The molecule has 0 heterocycles. The third-order valence-corrected chi connectivity index (χ3v) is 4.16. The molecule has 0 saturated carbocycles. The fourth-order valence-electron chi connectivity index (χ4n) is 2.85. The molecule has 2 aromatic rings. The summed E-state index contributed by atoms with van der Waals surface area (Å²) >= 11 is 0. The van der Waals surface area contributed by atoms with Gasteiger partial charge in [-0.15, -0.1) is 0 Å². The Bertz CT molecular complexity index is 579. The zero-order valence-corrected chi connectivity index (χ0v) is 14.0. The summed E-state index contributed by atoms with van der Waals surface area (Å²) in [4.78, 5) is 14.6. The molecular weight excluding hydrogens is 284 g/mol. The van der Waals surface area contributed by atoms with Crippen LogP contribution in [0.5, 0.6) is 0 Å². The number of hydrogen-bond acceptors (Lipinski definition) is 3. The minimum Gasteiger partial charge on any atom is -0.308 e. The van der Waals surface area contributed by atoms with Crippen molar-refractivity contribution in [3.05, 3.63) is 71.8 Å². The van der Waals surface area contributed by atoms with E-state index in [-0.39, 0.29) is 11.8 Å². The van der Waals surface area contributed by atoms with Crippen LogP contribution in [-0.2, 0) is 0 Å². The largest absolute Gasteiger partial charge is 0.308 e. The van der Waals surface area contributed by atoms with Gasteiger partial charge in [-0.1, -0.05) is 74.5 Å². The minimum absolute atomic E-state index is 0.136. The minimum atomic E-state index is 0.136. The molecule has 3 nitrogen and oxygen atoms in total. The lowest BCUT2D eigenvalue weighted by Gasteiger charge is -2.30. The lowest BCUT2D eigenvalue weighted by atomic mass is 10.0. The number of nitrogens with zero attached hydrogens (tertiary/aromatic N) is 1. The molecule has 2 rings (SSSR count). The van der Waals surface area contributed by atoms with E-state index >= 15 is 0 Å². The van der Waals surface area contributed by atoms with Gasteiger partial charge in [0.25, 0.3) is 0 Å². The summed E-state index contributed by atoms with van der Waals surface area (Å²) in [5, 5.41) is 3.34. The van der Waals surface area contributed by atoms with Crippen LogP contribution in [0.15, 0.2) is 60.7 Å². The van der Waals surface area contributed by atoms with Gasteiger partial charge in [0.2, 0.25) is 0 Å². The quantitative estimate of drug-likeness (QED) is 0.719. The Morgan fingerprint density at radius 3 is 2.09 bits per heavy atom. The number of ketones is 1. The van der Waals surface area contributed by atoms with E-state index in [0.29, 0.717) is 6.54 Å². The number of likely N-dealkylation sites (N-methyl/N-ethyl adjacent to an activating group) is 1. The van der Waals surface area contributed by atoms with Crippen molar-refractivity contribution in [2.75, 3.05) is 26.2 Å². The van der Waals surface area contributed by atoms with Gasteiger partial charge in [-0.2, -0.15) is 0 Å². The molecule has 1 atom stereocenters. The summed E-state index contributed by atoms with van der Waals surface area (Å²) in [6.45, 7) is 7.47. The zero-order valence-electron chi connectivity index (χ0n) is 14.0. The predicted octanol–water partition coefficient (Wildman–Crippen LogP) is 3.54. The smallest absolute Gasteiger partial charge is 0.176 e. The molecule has 0 aliphatic carbocycles. The van der Waals surface area contributed by atoms with Gasteiger partial charge >= 0.3 is 0 Å². The topological polar surface area (TPSA) is 32.3 Å². The summed E-state index contributed by atoms with van der Waals surface area (Å²) in [7, 11) is 0. The molecule has 2 aromatic carbocycles. The van der Waals surface area contributed by atoms with Gasteiger partial charge in [0.05, 0.1) is 6.54 Å². The second-order valence-electron chi connectivity index (χ2n) is 5.57. The van der Waals surface area contributed by atoms with E-state index in [1.54, 1.807) is 0 Å². The van der Waals surface area contributed by atoms with E-state index in [1.165, 1.54) is 5.56 Å². The summed E-state index contributed by atoms with van der Waals surface area (Å²) in [6, 6.07) is 20.2. The fraction of sp³-hybridized carbons (Fsp3) is 0.350. The molecule has 0 amide bonds. The Morgan fingerprint density at radius 2 is 1.52 bits per heavy atom. The molecule has 0 fully saturated rings. The maximum atomic E-state index is 12.2. The number of carbonyl (C=O) groups is 1. The maximum absolute atomic E-state index is 12.2. The molecule has 0 aromatic heterocycles. The summed E-state index contributed by atoms with van der Waals surface area (Å²) < 4.78 is 0. The molecule has 1 N–H and O–H groups in total. The molecular formula is C20H26N2O. The van der Waals surface area contributed by atoms with Crippen LogP contribution in [0.4, 0.5) is 0 Å². The molecule has 0 aliphatic heterocycles. The lowest BCUT2D eigenvalue weighted by Crippen LogP contribution is -2.37. The first-order valence-corrected chi connectivity index (χ1v) is 8.34. The summed E-state index contributed by atoms with van der Waals surface area (Å²) in [6.07, 6.45) is 0. The maximum Gasteiger partial charge on any atom is 0.176 e. The van der Waals surface area contributed by atoms with Gasteiger partial charge in [-0.3, -0.25) is 9.69 Å². The number of Topliss-reactive ketones (excluding diaryl/α,β-unsaturated/α-hetero) is 1. The van der Waals surface area contributed by atoms with Crippen molar-refractivity contribution < 1.29 is 4.79 Å². The van der Waals surface area contributed by atoms with E-state index in [9.17, 15) is 4.79 Å². The van der Waals surface area contributed by atoms with Crippen LogP contribution in [0.3, 0.4) is 0 Å². The second-order valence-corrected chi connectivity index (χ2v) is 5.57. The van der Waals surface area contributed by atoms with Crippen molar-refractivity contribution >= 4 is 5.78 Å². The predicted molar refractivity (Wildman–Crippen MR) is 95.7 cm³/mol. The average molecular weight is 310 g/mol. The summed E-state index contributed by atoms with van der Waals surface area (Å²) in [5.74, 6) is 0.136. The Balaban J connectivity index is 1.97. The Morgan fingerprint density at radius 1 is 0.957 bits per heavy atom. The third kappa shape index (κ3) is 5.02. The van der Waals surface area contributed by atoms with E-state index in [2.05, 4.69) is 48.3 Å². The molecule has 0 bridgehead atoms. The van der Waals surface area contributed by atoms with Crippen LogP contribution in [0.1, 0.15) is 35.8 Å². The number of rotatable bonds is 9. The van der Waals surface area contributed by atoms with Crippen molar-refractivity contribution in [3.63, 3.8) is 0 Å². The molecule has 1 unspecified atom stereocenters. The summed E-state index contributed by atoms with van der Waals surface area (Å²) in [5.41, 5.74) is 2.05. The first-order chi connectivity index (χ1) is 11.3. The molecule has 0 radical (unpaired) electrons. The first-order valence-electron chi connectivity index (χ1n) is 8.34. The highest BCUT2D eigenvalue weighted by Gasteiger charge is 2.17. The molecule has 23 heavy (non-hydrogen) atoms.